The number of rotatable bonds is 8. The highest BCUT2D eigenvalue weighted by atomic mass is 32.2. The van der Waals surface area contributed by atoms with Crippen LogP contribution in [-0.4, -0.2) is 59.1 Å². The van der Waals surface area contributed by atoms with Crippen molar-refractivity contribution >= 4 is 27.6 Å². The Kier molecular flexibility index (Phi) is 8.51. The number of carbonyl (C=O) groups excluding carboxylic acids is 1. The van der Waals surface area contributed by atoms with Gasteiger partial charge in [-0.2, -0.15) is 5.01 Å². The van der Waals surface area contributed by atoms with Gasteiger partial charge in [-0.05, 0) is 50.1 Å². The first kappa shape index (κ1) is 28.3. The maximum Gasteiger partial charge on any atom is 0.279 e. The molecule has 3 N–H and O–H groups in total. The summed E-state index contributed by atoms with van der Waals surface area (Å²) in [5.74, 6) is -1.96. The second-order valence-corrected chi connectivity index (χ2v) is 10.8. The quantitative estimate of drug-likeness (QED) is 0.248. The lowest BCUT2D eigenvalue weighted by Gasteiger charge is -2.37. The number of benzene rings is 1. The van der Waals surface area contributed by atoms with Crippen molar-refractivity contribution in [2.24, 2.45) is 5.73 Å². The van der Waals surface area contributed by atoms with Crippen molar-refractivity contribution in [3.63, 3.8) is 0 Å². The molecule has 12 nitrogen and oxygen atoms in total. The first-order chi connectivity index (χ1) is 17.9. The molecule has 0 aliphatic carbocycles. The molecule has 0 bridgehead atoms. The van der Waals surface area contributed by atoms with Gasteiger partial charge in [-0.25, -0.2) is 18.4 Å². The molecule has 2 heterocycles. The van der Waals surface area contributed by atoms with Crippen LogP contribution in [0, 0.1) is 19.3 Å². The molecule has 0 fully saturated rings. The van der Waals surface area contributed by atoms with Crippen LogP contribution in [0.3, 0.4) is 0 Å². The Morgan fingerprint density at radius 3 is 2.08 bits per heavy atom. The van der Waals surface area contributed by atoms with Gasteiger partial charge in [0.05, 0.1) is 25.0 Å². The highest BCUT2D eigenvalue weighted by molar-refractivity contribution is 7.90. The van der Waals surface area contributed by atoms with Crippen LogP contribution in [0.1, 0.15) is 47.1 Å². The summed E-state index contributed by atoms with van der Waals surface area (Å²) >= 11 is 0. The van der Waals surface area contributed by atoms with E-state index in [4.69, 9.17) is 20.6 Å². The molecule has 2 atom stereocenters. The van der Waals surface area contributed by atoms with E-state index in [1.165, 1.54) is 39.5 Å². The molecule has 3 aromatic rings. The van der Waals surface area contributed by atoms with Crippen molar-refractivity contribution in [1.82, 2.24) is 19.4 Å². The number of aryl methyl sites for hydroxylation is 2. The van der Waals surface area contributed by atoms with Gasteiger partial charge < -0.3 is 15.2 Å². The molecule has 0 spiro atoms. The van der Waals surface area contributed by atoms with Crippen LogP contribution >= 0.6 is 0 Å². The number of pyridine rings is 1. The second kappa shape index (κ2) is 11.4. The van der Waals surface area contributed by atoms with Crippen LogP contribution < -0.4 is 20.2 Å². The first-order valence-corrected chi connectivity index (χ1v) is 13.1. The van der Waals surface area contributed by atoms with Crippen molar-refractivity contribution in [2.45, 2.75) is 38.9 Å². The van der Waals surface area contributed by atoms with E-state index >= 15 is 0 Å². The molecule has 1 aromatic carbocycles. The zero-order valence-corrected chi connectivity index (χ0v) is 22.9. The van der Waals surface area contributed by atoms with Gasteiger partial charge in [0.25, 0.3) is 15.9 Å². The molecule has 2 aromatic heterocycles. The number of ether oxygens (including phenoxy) is 2. The van der Waals surface area contributed by atoms with E-state index in [-0.39, 0.29) is 28.6 Å². The lowest BCUT2D eigenvalue weighted by Crippen LogP contribution is -2.58. The predicted molar refractivity (Wildman–Crippen MR) is 143 cm³/mol. The summed E-state index contributed by atoms with van der Waals surface area (Å²) in [6.45, 7) is 6.64. The minimum atomic E-state index is -4.54. The number of hydrazine groups is 1. The summed E-state index contributed by atoms with van der Waals surface area (Å²) < 4.78 is 39.6. The van der Waals surface area contributed by atoms with Crippen molar-refractivity contribution in [2.75, 3.05) is 19.2 Å². The van der Waals surface area contributed by atoms with Gasteiger partial charge in [-0.15, -0.1) is 4.41 Å². The smallest absolute Gasteiger partial charge is 0.279 e. The topological polar surface area (TPSA) is 165 Å². The molecule has 0 saturated carbocycles. The highest BCUT2D eigenvalue weighted by Crippen LogP contribution is 2.41. The summed E-state index contributed by atoms with van der Waals surface area (Å²) in [6, 6.07) is 6.22. The zero-order chi connectivity index (χ0) is 28.2. The number of nitrogens with one attached hydrogen (secondary N) is 1. The van der Waals surface area contributed by atoms with E-state index in [2.05, 4.69) is 15.0 Å². The summed E-state index contributed by atoms with van der Waals surface area (Å²) in [5.41, 5.74) is 7.37. The molecule has 0 unspecified atom stereocenters. The normalized spacial score (nSPS) is 12.8. The van der Waals surface area contributed by atoms with E-state index in [1.807, 2.05) is 6.92 Å². The van der Waals surface area contributed by atoms with E-state index in [1.54, 1.807) is 44.6 Å². The van der Waals surface area contributed by atoms with Gasteiger partial charge in [0, 0.05) is 30.7 Å². The number of hydrogen-bond donors (Lipinski definition) is 2. The number of nitrogens with zero attached hydrogens (tertiary/aromatic N) is 5. The van der Waals surface area contributed by atoms with E-state index in [0.717, 1.165) is 10.6 Å². The van der Waals surface area contributed by atoms with Crippen LogP contribution in [0.15, 0.2) is 49.1 Å². The molecule has 0 aliphatic rings. The molecule has 0 aliphatic heterocycles. The SMILES string of the molecule is COc1cccc(OC)c1N(C(=O)c1cncc(C)c1)N(C(=N)N)S(=O)(=O)[C@H](C)[C@H](C)c1ncc(C)cn1. The molecule has 0 radical (unpaired) electrons. The predicted octanol–water partition coefficient (Wildman–Crippen LogP) is 2.78. The van der Waals surface area contributed by atoms with E-state index in [9.17, 15) is 13.2 Å². The van der Waals surface area contributed by atoms with Crippen molar-refractivity contribution in [3.8, 4) is 11.5 Å². The molecular formula is C25H31N7O5S. The fourth-order valence-corrected chi connectivity index (χ4v) is 5.34. The summed E-state index contributed by atoms with van der Waals surface area (Å²) in [6.07, 6.45) is 6.01. The number of hydrogen-bond acceptors (Lipinski definition) is 9. The molecule has 1 amide bonds. The molecule has 3 rings (SSSR count). The Hall–Kier alpha value is -4.26. The number of sulfonamides is 1. The van der Waals surface area contributed by atoms with E-state index < -0.39 is 33.1 Å². The monoisotopic (exact) mass is 541 g/mol. The standard InChI is InChI=1S/C25H31N7O5S/c1-15-10-19(14-28-11-15)24(33)31(22-20(36-5)8-7-9-21(22)37-6)32(25(26)27)38(34,35)18(4)17(3)23-29-12-16(2)13-30-23/h7-14,17-18H,1-6H3,(H3,26,27)/t17-,18+/m0/s1. The number of anilines is 1. The Balaban J connectivity index is 2.26. The number of guanidine groups is 1. The van der Waals surface area contributed by atoms with E-state index in [0.29, 0.717) is 9.98 Å². The maximum absolute atomic E-state index is 14.1. The lowest BCUT2D eigenvalue weighted by atomic mass is 10.1. The van der Waals surface area contributed by atoms with Gasteiger partial charge in [0.15, 0.2) is 5.69 Å². The molecule has 0 saturated heterocycles. The minimum absolute atomic E-state index is 0.0574. The Morgan fingerprint density at radius 2 is 1.58 bits per heavy atom. The number of aromatic nitrogens is 3. The lowest BCUT2D eigenvalue weighted by molar-refractivity contribution is 0.0957. The van der Waals surface area contributed by atoms with Crippen LogP contribution in [0.4, 0.5) is 5.69 Å². The van der Waals surface area contributed by atoms with Crippen LogP contribution in [0.25, 0.3) is 0 Å². The fourth-order valence-electron chi connectivity index (χ4n) is 3.73. The number of amides is 1. The third kappa shape index (κ3) is 5.52. The second-order valence-electron chi connectivity index (χ2n) is 8.66. The number of nitrogens with two attached hydrogens (primary N) is 1. The van der Waals surface area contributed by atoms with Crippen molar-refractivity contribution in [3.05, 3.63) is 71.6 Å². The maximum atomic E-state index is 14.1. The summed E-state index contributed by atoms with van der Waals surface area (Å²) in [4.78, 5) is 26.6. The largest absolute Gasteiger partial charge is 0.494 e. The van der Waals surface area contributed by atoms with Crippen LogP contribution in [-0.2, 0) is 10.0 Å². The van der Waals surface area contributed by atoms with Crippen LogP contribution in [0.5, 0.6) is 11.5 Å². The van der Waals surface area contributed by atoms with Gasteiger partial charge in [-0.3, -0.25) is 15.2 Å². The number of para-hydroxylation sites is 1. The third-order valence-corrected chi connectivity index (χ3v) is 8.13. The third-order valence-electron chi connectivity index (χ3n) is 5.94. The molecule has 38 heavy (non-hydrogen) atoms. The van der Waals surface area contributed by atoms with Gasteiger partial charge in [0.1, 0.15) is 17.3 Å². The van der Waals surface area contributed by atoms with Gasteiger partial charge in [-0.1, -0.05) is 13.0 Å². The van der Waals surface area contributed by atoms with Crippen molar-refractivity contribution < 1.29 is 22.7 Å². The summed E-state index contributed by atoms with van der Waals surface area (Å²) in [5, 5.41) is 7.87. The molecule has 13 heteroatoms. The Morgan fingerprint density at radius 1 is 1.00 bits per heavy atom. The number of methoxy groups -OCH3 is 2. The first-order valence-electron chi connectivity index (χ1n) is 11.6. The fraction of sp³-hybridized carbons (Fsp3) is 0.320. The van der Waals surface area contributed by atoms with Crippen LogP contribution in [0.2, 0.25) is 0 Å². The average molecular weight is 542 g/mol. The Labute approximate surface area is 222 Å². The summed E-state index contributed by atoms with van der Waals surface area (Å²) in [7, 11) is -1.82. The minimum Gasteiger partial charge on any atom is -0.494 e. The molecular weight excluding hydrogens is 510 g/mol. The zero-order valence-electron chi connectivity index (χ0n) is 22.0. The Bertz CT molecular complexity index is 1410. The number of carbonyl (C=O) groups is 1. The van der Waals surface area contributed by atoms with Crippen molar-refractivity contribution in [1.29, 1.82) is 5.41 Å². The van der Waals surface area contributed by atoms with Gasteiger partial charge in [0.2, 0.25) is 5.96 Å². The molecule has 202 valence electrons. The van der Waals surface area contributed by atoms with Gasteiger partial charge >= 0.3 is 0 Å². The average Bonchev–Trinajstić information content (AvgIpc) is 2.90. The highest BCUT2D eigenvalue weighted by Gasteiger charge is 2.43.